The molecular formula is C22H25F3N4O2. The molecule has 0 unspecified atom stereocenters. The summed E-state index contributed by atoms with van der Waals surface area (Å²) >= 11 is 0. The van der Waals surface area contributed by atoms with Gasteiger partial charge in [-0.2, -0.15) is 13.2 Å². The Labute approximate surface area is 179 Å². The normalized spacial score (nSPS) is 14.5. The molecule has 1 aliphatic rings. The van der Waals surface area contributed by atoms with Crippen LogP contribution in [0.15, 0.2) is 42.5 Å². The van der Waals surface area contributed by atoms with Crippen LogP contribution in [0.1, 0.15) is 30.0 Å². The Hall–Kier alpha value is -3.23. The van der Waals surface area contributed by atoms with Crippen molar-refractivity contribution in [3.8, 4) is 0 Å². The van der Waals surface area contributed by atoms with Gasteiger partial charge >= 0.3 is 18.2 Å². The topological polar surface area (TPSA) is 64.7 Å². The third-order valence-corrected chi connectivity index (χ3v) is 4.97. The van der Waals surface area contributed by atoms with Gasteiger partial charge in [-0.05, 0) is 55.7 Å². The van der Waals surface area contributed by atoms with Crippen molar-refractivity contribution < 1.29 is 22.8 Å². The van der Waals surface area contributed by atoms with Crippen LogP contribution in [0.25, 0.3) is 0 Å². The van der Waals surface area contributed by atoms with Gasteiger partial charge in [0.2, 0.25) is 0 Å². The highest BCUT2D eigenvalue weighted by Gasteiger charge is 2.32. The zero-order valence-corrected chi connectivity index (χ0v) is 17.4. The lowest BCUT2D eigenvalue weighted by Gasteiger charge is -2.36. The van der Waals surface area contributed by atoms with Gasteiger partial charge in [-0.3, -0.25) is 4.90 Å². The van der Waals surface area contributed by atoms with Crippen molar-refractivity contribution in [2.45, 2.75) is 33.0 Å². The molecule has 0 saturated carbocycles. The number of nitrogens with one attached hydrogen (secondary N) is 2. The molecule has 1 fully saturated rings. The molecule has 0 atom stereocenters. The van der Waals surface area contributed by atoms with Crippen LogP contribution in [0.5, 0.6) is 0 Å². The molecule has 1 aliphatic heterocycles. The molecular weight excluding hydrogens is 409 g/mol. The second-order valence-electron chi connectivity index (χ2n) is 7.41. The number of hydrogen-bond donors (Lipinski definition) is 2. The van der Waals surface area contributed by atoms with E-state index in [4.69, 9.17) is 0 Å². The first-order chi connectivity index (χ1) is 14.7. The van der Waals surface area contributed by atoms with E-state index in [2.05, 4.69) is 10.6 Å². The summed E-state index contributed by atoms with van der Waals surface area (Å²) in [7, 11) is 0. The van der Waals surface area contributed by atoms with Crippen molar-refractivity contribution >= 4 is 23.4 Å². The van der Waals surface area contributed by atoms with Crippen LogP contribution in [0, 0.1) is 6.92 Å². The highest BCUT2D eigenvalue weighted by atomic mass is 19.4. The number of urea groups is 2. The van der Waals surface area contributed by atoms with Gasteiger partial charge in [0.25, 0.3) is 0 Å². The number of carbonyl (C=O) groups excluding carboxylic acids is 2. The Morgan fingerprint density at radius 1 is 1.13 bits per heavy atom. The molecule has 166 valence electrons. The van der Waals surface area contributed by atoms with E-state index in [1.54, 1.807) is 30.0 Å². The summed E-state index contributed by atoms with van der Waals surface area (Å²) in [5.41, 5.74) is 1.64. The fraction of sp³-hybridized carbons (Fsp3) is 0.364. The first-order valence-electron chi connectivity index (χ1n) is 10.1. The third kappa shape index (κ3) is 5.48. The van der Waals surface area contributed by atoms with Crippen LogP contribution >= 0.6 is 0 Å². The SMILES string of the molecule is CCNC(=O)Nc1cc(C)ccc1N1CCCN(Cc2cccc(C(F)(F)F)c2)C1=O. The Morgan fingerprint density at radius 2 is 1.90 bits per heavy atom. The van der Waals surface area contributed by atoms with E-state index in [0.717, 1.165) is 17.7 Å². The minimum atomic E-state index is -4.44. The molecule has 0 spiro atoms. The molecule has 1 heterocycles. The van der Waals surface area contributed by atoms with E-state index in [1.807, 2.05) is 13.0 Å². The Bertz CT molecular complexity index is 962. The van der Waals surface area contributed by atoms with Crippen LogP contribution in [-0.4, -0.2) is 36.6 Å². The molecule has 0 aliphatic carbocycles. The summed E-state index contributed by atoms with van der Waals surface area (Å²) in [5.74, 6) is 0. The van der Waals surface area contributed by atoms with E-state index in [9.17, 15) is 22.8 Å². The molecule has 2 N–H and O–H groups in total. The van der Waals surface area contributed by atoms with Crippen molar-refractivity contribution in [3.63, 3.8) is 0 Å². The zero-order chi connectivity index (χ0) is 22.6. The quantitative estimate of drug-likeness (QED) is 0.697. The molecule has 9 heteroatoms. The lowest BCUT2D eigenvalue weighted by atomic mass is 10.1. The van der Waals surface area contributed by atoms with Crippen molar-refractivity contribution in [1.82, 2.24) is 10.2 Å². The zero-order valence-electron chi connectivity index (χ0n) is 17.4. The molecule has 3 rings (SSSR count). The molecule has 4 amide bonds. The van der Waals surface area contributed by atoms with Crippen molar-refractivity contribution in [2.24, 2.45) is 0 Å². The van der Waals surface area contributed by atoms with E-state index >= 15 is 0 Å². The van der Waals surface area contributed by atoms with Crippen LogP contribution in [0.2, 0.25) is 0 Å². The van der Waals surface area contributed by atoms with Gasteiger partial charge < -0.3 is 15.5 Å². The molecule has 1 saturated heterocycles. The van der Waals surface area contributed by atoms with E-state index in [0.29, 0.717) is 43.0 Å². The number of hydrogen-bond acceptors (Lipinski definition) is 2. The summed E-state index contributed by atoms with van der Waals surface area (Å²) in [6.45, 7) is 5.10. The second kappa shape index (κ2) is 9.28. The third-order valence-electron chi connectivity index (χ3n) is 4.97. The lowest BCUT2D eigenvalue weighted by molar-refractivity contribution is -0.137. The number of alkyl halides is 3. The molecule has 0 aromatic heterocycles. The summed E-state index contributed by atoms with van der Waals surface area (Å²) in [6, 6.07) is 9.71. The first-order valence-corrected chi connectivity index (χ1v) is 10.1. The van der Waals surface area contributed by atoms with Gasteiger partial charge in [-0.1, -0.05) is 18.2 Å². The van der Waals surface area contributed by atoms with Gasteiger partial charge in [-0.15, -0.1) is 0 Å². The predicted molar refractivity (Wildman–Crippen MR) is 113 cm³/mol. The smallest absolute Gasteiger partial charge is 0.338 e. The number of anilines is 2. The monoisotopic (exact) mass is 434 g/mol. The Morgan fingerprint density at radius 3 is 2.61 bits per heavy atom. The minimum Gasteiger partial charge on any atom is -0.338 e. The fourth-order valence-corrected chi connectivity index (χ4v) is 3.53. The van der Waals surface area contributed by atoms with Crippen LogP contribution in [-0.2, 0) is 12.7 Å². The summed E-state index contributed by atoms with van der Waals surface area (Å²) in [5, 5.41) is 5.43. The summed E-state index contributed by atoms with van der Waals surface area (Å²) in [4.78, 5) is 28.3. The number of halogens is 3. The second-order valence-corrected chi connectivity index (χ2v) is 7.41. The molecule has 0 bridgehead atoms. The highest BCUT2D eigenvalue weighted by Crippen LogP contribution is 2.32. The average Bonchev–Trinajstić information content (AvgIpc) is 2.70. The van der Waals surface area contributed by atoms with E-state index < -0.39 is 11.7 Å². The van der Waals surface area contributed by atoms with Crippen molar-refractivity contribution in [2.75, 3.05) is 29.9 Å². The maximum Gasteiger partial charge on any atom is 0.416 e. The molecule has 6 nitrogen and oxygen atoms in total. The highest BCUT2D eigenvalue weighted by molar-refractivity contribution is 6.00. The van der Waals surface area contributed by atoms with Gasteiger partial charge in [0.05, 0.1) is 16.9 Å². The standard InChI is InChI=1S/C22H25F3N4O2/c1-3-26-20(30)27-18-12-15(2)8-9-19(18)29-11-5-10-28(21(29)31)14-16-6-4-7-17(13-16)22(23,24)25/h4,6-9,12-13H,3,5,10-11,14H2,1-2H3,(H2,26,27,30). The number of rotatable bonds is 5. The molecule has 2 aromatic rings. The molecule has 0 radical (unpaired) electrons. The number of benzene rings is 2. The Kier molecular flexibility index (Phi) is 6.72. The maximum absolute atomic E-state index is 13.2. The van der Waals surface area contributed by atoms with Gasteiger partial charge in [0.1, 0.15) is 0 Å². The maximum atomic E-state index is 13.2. The fourth-order valence-electron chi connectivity index (χ4n) is 3.53. The van der Waals surface area contributed by atoms with Crippen LogP contribution < -0.4 is 15.5 Å². The largest absolute Gasteiger partial charge is 0.416 e. The van der Waals surface area contributed by atoms with Gasteiger partial charge in [-0.25, -0.2) is 9.59 Å². The number of carbonyl (C=O) groups is 2. The lowest BCUT2D eigenvalue weighted by Crippen LogP contribution is -2.49. The van der Waals surface area contributed by atoms with Crippen LogP contribution in [0.4, 0.5) is 34.1 Å². The number of amides is 4. The van der Waals surface area contributed by atoms with Gasteiger partial charge in [0.15, 0.2) is 0 Å². The first kappa shape index (κ1) is 22.5. The number of aryl methyl sites for hydroxylation is 1. The number of nitrogens with zero attached hydrogens (tertiary/aromatic N) is 2. The predicted octanol–water partition coefficient (Wildman–Crippen LogP) is 4.99. The van der Waals surface area contributed by atoms with E-state index in [1.165, 1.54) is 11.0 Å². The van der Waals surface area contributed by atoms with Crippen molar-refractivity contribution in [3.05, 3.63) is 59.2 Å². The molecule has 2 aromatic carbocycles. The van der Waals surface area contributed by atoms with Crippen molar-refractivity contribution in [1.29, 1.82) is 0 Å². The molecule has 31 heavy (non-hydrogen) atoms. The van der Waals surface area contributed by atoms with E-state index in [-0.39, 0.29) is 18.6 Å². The van der Waals surface area contributed by atoms with Crippen LogP contribution in [0.3, 0.4) is 0 Å². The summed E-state index contributed by atoms with van der Waals surface area (Å²) in [6.07, 6.45) is -3.78. The summed E-state index contributed by atoms with van der Waals surface area (Å²) < 4.78 is 39.0. The Balaban J connectivity index is 1.82. The average molecular weight is 434 g/mol. The minimum absolute atomic E-state index is 0.0736. The van der Waals surface area contributed by atoms with Gasteiger partial charge in [0, 0.05) is 26.2 Å².